The molecular weight excluding hydrogens is 174 g/mol. The van der Waals surface area contributed by atoms with Gasteiger partial charge >= 0.3 is 0 Å². The van der Waals surface area contributed by atoms with Crippen LogP contribution in [0.25, 0.3) is 0 Å². The minimum absolute atomic E-state index is 0.142. The van der Waals surface area contributed by atoms with Gasteiger partial charge in [-0.05, 0) is 11.0 Å². The molecule has 14 heavy (non-hydrogen) atoms. The molecule has 1 aliphatic rings. The van der Waals surface area contributed by atoms with Crippen molar-refractivity contribution in [3.63, 3.8) is 0 Å². The van der Waals surface area contributed by atoms with Crippen LogP contribution in [0.2, 0.25) is 0 Å². The van der Waals surface area contributed by atoms with E-state index < -0.39 is 0 Å². The summed E-state index contributed by atoms with van der Waals surface area (Å²) in [6.07, 6.45) is 6.17. The fourth-order valence-electron chi connectivity index (χ4n) is 1.31. The summed E-state index contributed by atoms with van der Waals surface area (Å²) in [6, 6.07) is 0. The quantitative estimate of drug-likeness (QED) is 0.579. The third-order valence-electron chi connectivity index (χ3n) is 2.36. The largest absolute Gasteiger partial charge is 0.484 e. The molecule has 0 N–H and O–H groups in total. The molecule has 0 aliphatic carbocycles. The van der Waals surface area contributed by atoms with E-state index in [0.29, 0.717) is 0 Å². The van der Waals surface area contributed by atoms with Crippen LogP contribution in [0.4, 0.5) is 0 Å². The van der Waals surface area contributed by atoms with E-state index in [4.69, 9.17) is 4.74 Å². The van der Waals surface area contributed by atoms with Crippen LogP contribution in [0.3, 0.4) is 0 Å². The molecule has 1 unspecified atom stereocenters. The van der Waals surface area contributed by atoms with Crippen LogP contribution >= 0.6 is 0 Å². The first-order valence-electron chi connectivity index (χ1n) is 4.95. The number of methoxy groups -OCH3 is 1. The molecule has 1 rings (SSSR count). The first-order chi connectivity index (χ1) is 6.45. The Morgan fingerprint density at radius 1 is 1.36 bits per heavy atom. The maximum absolute atomic E-state index is 5.20. The number of hydrogen-bond acceptors (Lipinski definition) is 2. The van der Waals surface area contributed by atoms with Crippen molar-refractivity contribution in [1.82, 2.24) is 0 Å². The monoisotopic (exact) mass is 193 g/mol. The lowest BCUT2D eigenvalue weighted by Crippen LogP contribution is -2.09. The minimum atomic E-state index is 0.142. The highest BCUT2D eigenvalue weighted by atomic mass is 16.5. The fraction of sp³-hybridized carbons (Fsp3) is 0.583. The van der Waals surface area contributed by atoms with Gasteiger partial charge in [0.1, 0.15) is 0 Å². The summed E-state index contributed by atoms with van der Waals surface area (Å²) in [5.74, 6) is 1.04. The molecule has 0 saturated heterocycles. The van der Waals surface area contributed by atoms with Crippen molar-refractivity contribution in [3.8, 4) is 0 Å². The van der Waals surface area contributed by atoms with Gasteiger partial charge in [0.05, 0.1) is 13.0 Å². The smallest absolute Gasteiger partial charge is 0.194 e. The molecule has 0 aromatic carbocycles. The molecule has 2 heteroatoms. The number of allylic oxidation sites excluding steroid dienone is 2. The van der Waals surface area contributed by atoms with Gasteiger partial charge in [-0.25, -0.2) is 4.99 Å². The standard InChI is InChI=1S/C12H19NO/c1-9-6-7-10(12(2,3)4)8-13-11(9)14-5/h6-9H,1-5H3. The van der Waals surface area contributed by atoms with Crippen molar-refractivity contribution in [1.29, 1.82) is 0 Å². The van der Waals surface area contributed by atoms with Crippen LogP contribution in [0.5, 0.6) is 0 Å². The molecule has 1 aliphatic heterocycles. The van der Waals surface area contributed by atoms with Gasteiger partial charge in [-0.3, -0.25) is 0 Å². The van der Waals surface area contributed by atoms with E-state index in [0.717, 1.165) is 5.90 Å². The predicted octanol–water partition coefficient (Wildman–Crippen LogP) is 3.17. The second-order valence-corrected chi connectivity index (χ2v) is 4.65. The Kier molecular flexibility index (Phi) is 3.14. The van der Waals surface area contributed by atoms with Crippen LogP contribution in [0.1, 0.15) is 27.7 Å². The summed E-state index contributed by atoms with van der Waals surface area (Å²) in [4.78, 5) is 4.34. The maximum atomic E-state index is 5.20. The van der Waals surface area contributed by atoms with Crippen molar-refractivity contribution in [3.05, 3.63) is 23.9 Å². The Bertz CT molecular complexity index is 292. The number of ether oxygens (including phenoxy) is 1. The van der Waals surface area contributed by atoms with E-state index in [1.165, 1.54) is 5.57 Å². The molecule has 2 nitrogen and oxygen atoms in total. The van der Waals surface area contributed by atoms with Crippen molar-refractivity contribution >= 4 is 5.90 Å². The third kappa shape index (κ3) is 2.47. The van der Waals surface area contributed by atoms with Crippen LogP contribution in [-0.2, 0) is 4.74 Å². The topological polar surface area (TPSA) is 21.6 Å². The van der Waals surface area contributed by atoms with Gasteiger partial charge in [-0.2, -0.15) is 0 Å². The third-order valence-corrected chi connectivity index (χ3v) is 2.36. The average molecular weight is 193 g/mol. The van der Waals surface area contributed by atoms with Gasteiger partial charge in [0.25, 0.3) is 0 Å². The normalized spacial score (nSPS) is 22.5. The highest BCUT2D eigenvalue weighted by Crippen LogP contribution is 2.28. The number of hydrogen-bond donors (Lipinski definition) is 0. The maximum Gasteiger partial charge on any atom is 0.194 e. The summed E-state index contributed by atoms with van der Waals surface area (Å²) in [5.41, 5.74) is 1.37. The molecule has 78 valence electrons. The predicted molar refractivity (Wildman–Crippen MR) is 60.3 cm³/mol. The van der Waals surface area contributed by atoms with E-state index >= 15 is 0 Å². The molecule has 1 heterocycles. The van der Waals surface area contributed by atoms with Crippen molar-refractivity contribution in [2.45, 2.75) is 27.7 Å². The summed E-state index contributed by atoms with van der Waals surface area (Å²) in [5, 5.41) is 0. The highest BCUT2D eigenvalue weighted by Gasteiger charge is 2.17. The molecule has 1 atom stereocenters. The van der Waals surface area contributed by atoms with Crippen LogP contribution in [0.15, 0.2) is 28.9 Å². The molecule has 0 bridgehead atoms. The summed E-state index contributed by atoms with van der Waals surface area (Å²) in [7, 11) is 1.67. The molecule has 0 aromatic rings. The van der Waals surface area contributed by atoms with Crippen molar-refractivity contribution in [2.75, 3.05) is 7.11 Å². The van der Waals surface area contributed by atoms with E-state index in [9.17, 15) is 0 Å². The SMILES string of the molecule is COC1=NC=C(C(C)(C)C)C=CC1C. The zero-order valence-electron chi connectivity index (χ0n) is 9.66. The first kappa shape index (κ1) is 11.0. The molecule has 0 saturated carbocycles. The lowest BCUT2D eigenvalue weighted by molar-refractivity contribution is 0.381. The second kappa shape index (κ2) is 3.99. The molecule has 0 radical (unpaired) electrons. The summed E-state index contributed by atoms with van der Waals surface area (Å²) >= 11 is 0. The van der Waals surface area contributed by atoms with Gasteiger partial charge in [-0.1, -0.05) is 39.8 Å². The van der Waals surface area contributed by atoms with E-state index in [2.05, 4.69) is 44.8 Å². The zero-order valence-corrected chi connectivity index (χ0v) is 9.66. The summed E-state index contributed by atoms with van der Waals surface area (Å²) < 4.78 is 5.20. The van der Waals surface area contributed by atoms with E-state index in [1.54, 1.807) is 7.11 Å². The van der Waals surface area contributed by atoms with Gasteiger partial charge in [-0.15, -0.1) is 0 Å². The van der Waals surface area contributed by atoms with Gasteiger partial charge in [0.2, 0.25) is 0 Å². The highest BCUT2D eigenvalue weighted by molar-refractivity contribution is 5.81. The number of rotatable bonds is 0. The zero-order chi connectivity index (χ0) is 10.8. The van der Waals surface area contributed by atoms with Gasteiger partial charge < -0.3 is 4.74 Å². The Labute approximate surface area is 86.4 Å². The van der Waals surface area contributed by atoms with E-state index in [1.807, 2.05) is 6.20 Å². The lowest BCUT2D eigenvalue weighted by Gasteiger charge is -2.18. The Morgan fingerprint density at radius 3 is 2.50 bits per heavy atom. The van der Waals surface area contributed by atoms with Gasteiger partial charge in [0.15, 0.2) is 5.90 Å². The Morgan fingerprint density at radius 2 is 2.00 bits per heavy atom. The number of nitrogens with zero attached hydrogens (tertiary/aromatic N) is 1. The Hall–Kier alpha value is -1.05. The summed E-state index contributed by atoms with van der Waals surface area (Å²) in [6.45, 7) is 8.63. The van der Waals surface area contributed by atoms with Crippen molar-refractivity contribution < 1.29 is 4.74 Å². The number of aliphatic imine (C=N–C) groups is 1. The molecule has 0 spiro atoms. The fourth-order valence-corrected chi connectivity index (χ4v) is 1.31. The average Bonchev–Trinajstić information content (AvgIpc) is 2.25. The lowest BCUT2D eigenvalue weighted by atomic mass is 9.86. The van der Waals surface area contributed by atoms with Crippen LogP contribution < -0.4 is 0 Å². The van der Waals surface area contributed by atoms with Crippen molar-refractivity contribution in [2.24, 2.45) is 16.3 Å². The van der Waals surface area contributed by atoms with E-state index in [-0.39, 0.29) is 11.3 Å². The molecule has 0 fully saturated rings. The van der Waals surface area contributed by atoms with Crippen LogP contribution in [-0.4, -0.2) is 13.0 Å². The molecular formula is C12H19NO. The second-order valence-electron chi connectivity index (χ2n) is 4.65. The van der Waals surface area contributed by atoms with Gasteiger partial charge in [0, 0.05) is 6.20 Å². The Balaban J connectivity index is 2.99. The molecule has 0 amide bonds. The van der Waals surface area contributed by atoms with Crippen LogP contribution in [0, 0.1) is 11.3 Å². The minimum Gasteiger partial charge on any atom is -0.484 e. The molecule has 0 aromatic heterocycles. The first-order valence-corrected chi connectivity index (χ1v) is 4.95.